The summed E-state index contributed by atoms with van der Waals surface area (Å²) in [5, 5.41) is 8.72. The monoisotopic (exact) mass is 200 g/mol. The number of benzene rings is 1. The Balaban J connectivity index is 2.52. The number of hydrogen-bond acceptors (Lipinski definition) is 4. The number of ketones is 1. The maximum absolute atomic E-state index is 11.7. The Kier molecular flexibility index (Phi) is 2.22. The van der Waals surface area contributed by atoms with Crippen LogP contribution in [0, 0.1) is 17.2 Å². The molecule has 1 aromatic rings. The first kappa shape index (κ1) is 9.41. The van der Waals surface area contributed by atoms with Crippen molar-refractivity contribution in [3.8, 4) is 11.8 Å². The van der Waals surface area contributed by atoms with E-state index in [0.717, 1.165) is 0 Å². The summed E-state index contributed by atoms with van der Waals surface area (Å²) >= 11 is 0. The highest BCUT2D eigenvalue weighted by molar-refractivity contribution is 6.14. The van der Waals surface area contributed by atoms with Gasteiger partial charge >= 0.3 is 0 Å². The molecule has 0 saturated heterocycles. The van der Waals surface area contributed by atoms with E-state index in [2.05, 4.69) is 4.99 Å². The number of Topliss-reactive ketones (excluding diaryl/α,β-unsaturated/α-hetero) is 1. The van der Waals surface area contributed by atoms with Crippen LogP contribution in [0.2, 0.25) is 0 Å². The number of ether oxygens (including phenoxy) is 1. The van der Waals surface area contributed by atoms with Gasteiger partial charge in [0.15, 0.2) is 5.78 Å². The minimum absolute atomic E-state index is 0.221. The van der Waals surface area contributed by atoms with Gasteiger partial charge in [-0.25, -0.2) is 0 Å². The molecule has 0 fully saturated rings. The van der Waals surface area contributed by atoms with Gasteiger partial charge < -0.3 is 4.74 Å². The number of nitriles is 1. The second kappa shape index (κ2) is 3.54. The average molecular weight is 200 g/mol. The van der Waals surface area contributed by atoms with Crippen LogP contribution in [0.3, 0.4) is 0 Å². The van der Waals surface area contributed by atoms with Gasteiger partial charge in [-0.1, -0.05) is 0 Å². The SMILES string of the molecule is COc1ccc2c(c1)C(=O)C(C#N)C=N2. The van der Waals surface area contributed by atoms with Crippen LogP contribution in [0.1, 0.15) is 10.4 Å². The molecule has 1 unspecified atom stereocenters. The standard InChI is InChI=1S/C11H8N2O2/c1-15-8-2-3-10-9(4-8)11(14)7(5-12)6-13-10/h2-4,6-7H,1H3. The van der Waals surface area contributed by atoms with Crippen molar-refractivity contribution in [1.82, 2.24) is 0 Å². The number of fused-ring (bicyclic) bond motifs is 1. The molecule has 0 radical (unpaired) electrons. The average Bonchev–Trinajstić information content (AvgIpc) is 2.29. The third-order valence-corrected chi connectivity index (χ3v) is 2.25. The molecule has 0 aliphatic carbocycles. The molecule has 1 aromatic carbocycles. The van der Waals surface area contributed by atoms with Crippen LogP contribution in [0.15, 0.2) is 23.2 Å². The number of rotatable bonds is 1. The summed E-state index contributed by atoms with van der Waals surface area (Å²) in [6.45, 7) is 0. The van der Waals surface area contributed by atoms with Crippen LogP contribution in [-0.2, 0) is 0 Å². The second-order valence-corrected chi connectivity index (χ2v) is 3.13. The van der Waals surface area contributed by atoms with E-state index in [1.807, 2.05) is 6.07 Å². The van der Waals surface area contributed by atoms with E-state index < -0.39 is 5.92 Å². The minimum atomic E-state index is -0.774. The number of methoxy groups -OCH3 is 1. The first-order valence-electron chi connectivity index (χ1n) is 4.42. The molecular formula is C11H8N2O2. The smallest absolute Gasteiger partial charge is 0.187 e. The summed E-state index contributed by atoms with van der Waals surface area (Å²) in [5.41, 5.74) is 1.04. The van der Waals surface area contributed by atoms with Gasteiger partial charge in [-0.2, -0.15) is 5.26 Å². The fraction of sp³-hybridized carbons (Fsp3) is 0.182. The van der Waals surface area contributed by atoms with Crippen LogP contribution < -0.4 is 4.74 Å². The van der Waals surface area contributed by atoms with Gasteiger partial charge in [0, 0.05) is 11.8 Å². The molecule has 2 rings (SSSR count). The zero-order valence-electron chi connectivity index (χ0n) is 8.10. The zero-order chi connectivity index (χ0) is 10.8. The van der Waals surface area contributed by atoms with E-state index >= 15 is 0 Å². The van der Waals surface area contributed by atoms with E-state index in [9.17, 15) is 4.79 Å². The number of aliphatic imine (C=N–C) groups is 1. The molecule has 4 nitrogen and oxygen atoms in total. The van der Waals surface area contributed by atoms with E-state index in [1.54, 1.807) is 18.2 Å². The van der Waals surface area contributed by atoms with Crippen molar-refractivity contribution >= 4 is 17.7 Å². The number of nitrogens with zero attached hydrogens (tertiary/aromatic N) is 2. The predicted octanol–water partition coefficient (Wildman–Crippen LogP) is 1.73. The normalized spacial score (nSPS) is 18.1. The highest BCUT2D eigenvalue weighted by atomic mass is 16.5. The Morgan fingerprint density at radius 2 is 2.33 bits per heavy atom. The molecule has 1 heterocycles. The zero-order valence-corrected chi connectivity index (χ0v) is 8.10. The molecule has 0 bridgehead atoms. The summed E-state index contributed by atoms with van der Waals surface area (Å²) in [6.07, 6.45) is 1.37. The molecule has 0 spiro atoms. The fourth-order valence-corrected chi connectivity index (χ4v) is 1.43. The van der Waals surface area contributed by atoms with Crippen molar-refractivity contribution in [2.75, 3.05) is 7.11 Å². The molecule has 4 heteroatoms. The Labute approximate surface area is 86.8 Å². The lowest BCUT2D eigenvalue weighted by atomic mass is 9.96. The van der Waals surface area contributed by atoms with E-state index in [1.165, 1.54) is 13.3 Å². The largest absolute Gasteiger partial charge is 0.497 e. The lowest BCUT2D eigenvalue weighted by Crippen LogP contribution is -2.17. The molecule has 0 amide bonds. The van der Waals surface area contributed by atoms with Gasteiger partial charge in [-0.3, -0.25) is 9.79 Å². The molecule has 1 aliphatic rings. The van der Waals surface area contributed by atoms with Crippen molar-refractivity contribution in [1.29, 1.82) is 5.26 Å². The Morgan fingerprint density at radius 1 is 1.53 bits per heavy atom. The molecular weight excluding hydrogens is 192 g/mol. The lowest BCUT2D eigenvalue weighted by Gasteiger charge is -2.12. The van der Waals surface area contributed by atoms with Crippen molar-refractivity contribution in [2.45, 2.75) is 0 Å². The fourth-order valence-electron chi connectivity index (χ4n) is 1.43. The maximum atomic E-state index is 11.7. The van der Waals surface area contributed by atoms with E-state index in [0.29, 0.717) is 17.0 Å². The number of carbonyl (C=O) groups excluding carboxylic acids is 1. The van der Waals surface area contributed by atoms with Crippen molar-refractivity contribution in [3.63, 3.8) is 0 Å². The van der Waals surface area contributed by atoms with Gasteiger partial charge in [0.05, 0.1) is 18.9 Å². The predicted molar refractivity (Wildman–Crippen MR) is 54.6 cm³/mol. The Morgan fingerprint density at radius 3 is 3.00 bits per heavy atom. The number of carbonyl (C=O) groups is 1. The van der Waals surface area contributed by atoms with Crippen molar-refractivity contribution in [2.24, 2.45) is 10.9 Å². The van der Waals surface area contributed by atoms with Crippen LogP contribution in [-0.4, -0.2) is 19.1 Å². The molecule has 74 valence electrons. The van der Waals surface area contributed by atoms with Gasteiger partial charge in [-0.05, 0) is 18.2 Å². The highest BCUT2D eigenvalue weighted by Crippen LogP contribution is 2.29. The molecule has 0 saturated carbocycles. The third kappa shape index (κ3) is 1.48. The summed E-state index contributed by atoms with van der Waals surface area (Å²) in [5.74, 6) is -0.401. The van der Waals surface area contributed by atoms with E-state index in [-0.39, 0.29) is 5.78 Å². The minimum Gasteiger partial charge on any atom is -0.497 e. The summed E-state index contributed by atoms with van der Waals surface area (Å²) in [6, 6.07) is 6.94. The third-order valence-electron chi connectivity index (χ3n) is 2.25. The highest BCUT2D eigenvalue weighted by Gasteiger charge is 2.24. The Hall–Kier alpha value is -2.15. The van der Waals surface area contributed by atoms with Crippen molar-refractivity contribution < 1.29 is 9.53 Å². The molecule has 1 aliphatic heterocycles. The first-order valence-corrected chi connectivity index (χ1v) is 4.42. The second-order valence-electron chi connectivity index (χ2n) is 3.13. The van der Waals surface area contributed by atoms with Crippen molar-refractivity contribution in [3.05, 3.63) is 23.8 Å². The summed E-state index contributed by atoms with van der Waals surface area (Å²) in [7, 11) is 1.53. The van der Waals surface area contributed by atoms with E-state index in [4.69, 9.17) is 10.00 Å². The molecule has 0 N–H and O–H groups in total. The quantitative estimate of drug-likeness (QED) is 0.693. The molecule has 1 atom stereocenters. The van der Waals surface area contributed by atoms with Crippen LogP contribution in [0.5, 0.6) is 5.75 Å². The first-order chi connectivity index (χ1) is 7.26. The van der Waals surface area contributed by atoms with Gasteiger partial charge in [0.1, 0.15) is 11.7 Å². The van der Waals surface area contributed by atoms with Gasteiger partial charge in [0.25, 0.3) is 0 Å². The molecule has 15 heavy (non-hydrogen) atoms. The van der Waals surface area contributed by atoms with Gasteiger partial charge in [0.2, 0.25) is 0 Å². The van der Waals surface area contributed by atoms with Crippen LogP contribution in [0.25, 0.3) is 0 Å². The maximum Gasteiger partial charge on any atom is 0.187 e. The Bertz CT molecular complexity index is 486. The summed E-state index contributed by atoms with van der Waals surface area (Å²) in [4.78, 5) is 15.8. The number of hydrogen-bond donors (Lipinski definition) is 0. The lowest BCUT2D eigenvalue weighted by molar-refractivity contribution is 0.0975. The summed E-state index contributed by atoms with van der Waals surface area (Å²) < 4.78 is 5.01. The topological polar surface area (TPSA) is 62.5 Å². The van der Waals surface area contributed by atoms with Gasteiger partial charge in [-0.15, -0.1) is 0 Å². The van der Waals surface area contributed by atoms with Crippen LogP contribution in [0.4, 0.5) is 5.69 Å². The molecule has 0 aromatic heterocycles. The van der Waals surface area contributed by atoms with Crippen LogP contribution >= 0.6 is 0 Å².